The van der Waals surface area contributed by atoms with Gasteiger partial charge in [-0.1, -0.05) is 0 Å². The molecule has 5 heteroatoms. The molecule has 0 radical (unpaired) electrons. The van der Waals surface area contributed by atoms with E-state index in [9.17, 15) is 4.79 Å². The van der Waals surface area contributed by atoms with Crippen LogP contribution in [-0.4, -0.2) is 50.7 Å². The van der Waals surface area contributed by atoms with Crippen LogP contribution in [0.25, 0.3) is 0 Å². The topological polar surface area (TPSA) is 41.6 Å². The van der Waals surface area contributed by atoms with Gasteiger partial charge in [-0.2, -0.15) is 0 Å². The molecule has 0 saturated carbocycles. The zero-order chi connectivity index (χ0) is 11.3. The van der Waals surface area contributed by atoms with Gasteiger partial charge in [-0.25, -0.2) is 0 Å². The number of hydrogen-bond donors (Lipinski definition) is 1. The first-order chi connectivity index (χ1) is 7.16. The summed E-state index contributed by atoms with van der Waals surface area (Å²) in [6.07, 6.45) is 1.92. The van der Waals surface area contributed by atoms with Gasteiger partial charge in [0.1, 0.15) is 0 Å². The molecule has 1 heterocycles. The lowest BCUT2D eigenvalue weighted by Crippen LogP contribution is -2.44. The van der Waals surface area contributed by atoms with E-state index in [1.54, 1.807) is 7.11 Å². The van der Waals surface area contributed by atoms with E-state index in [0.717, 1.165) is 25.9 Å². The molecule has 16 heavy (non-hydrogen) atoms. The monoisotopic (exact) mass is 250 g/mol. The van der Waals surface area contributed by atoms with Crippen LogP contribution < -0.4 is 5.32 Å². The first kappa shape index (κ1) is 15.7. The first-order valence-electron chi connectivity index (χ1n) is 5.63. The molecule has 1 rings (SSSR count). The maximum absolute atomic E-state index is 12.1. The van der Waals surface area contributed by atoms with Gasteiger partial charge in [0, 0.05) is 20.1 Å². The van der Waals surface area contributed by atoms with Crippen LogP contribution in [0.15, 0.2) is 0 Å². The lowest BCUT2D eigenvalue weighted by Gasteiger charge is -2.30. The van der Waals surface area contributed by atoms with E-state index in [2.05, 4.69) is 5.32 Å². The second-order valence-electron chi connectivity index (χ2n) is 4.28. The SMILES string of the molecule is COCC(C)N(C)C(=O)C1CCNCC1.Cl. The number of rotatable bonds is 4. The summed E-state index contributed by atoms with van der Waals surface area (Å²) in [4.78, 5) is 13.9. The minimum atomic E-state index is 0. The number of hydrogen-bond acceptors (Lipinski definition) is 3. The number of piperidine rings is 1. The Labute approximate surface area is 104 Å². The van der Waals surface area contributed by atoms with E-state index in [1.807, 2.05) is 18.9 Å². The molecule has 4 nitrogen and oxygen atoms in total. The molecular weight excluding hydrogens is 228 g/mol. The van der Waals surface area contributed by atoms with E-state index in [0.29, 0.717) is 6.61 Å². The van der Waals surface area contributed by atoms with Crippen LogP contribution in [-0.2, 0) is 9.53 Å². The fourth-order valence-electron chi connectivity index (χ4n) is 1.93. The Hall–Kier alpha value is -0.320. The Morgan fingerprint density at radius 3 is 2.56 bits per heavy atom. The highest BCUT2D eigenvalue weighted by Crippen LogP contribution is 2.15. The molecule has 1 amide bonds. The summed E-state index contributed by atoms with van der Waals surface area (Å²) in [5.74, 6) is 0.469. The van der Waals surface area contributed by atoms with Gasteiger partial charge in [0.25, 0.3) is 0 Å². The molecule has 0 aliphatic carbocycles. The van der Waals surface area contributed by atoms with Crippen molar-refractivity contribution in [2.75, 3.05) is 33.9 Å². The molecule has 1 atom stereocenters. The average molecular weight is 251 g/mol. The Morgan fingerprint density at radius 2 is 2.06 bits per heavy atom. The number of likely N-dealkylation sites (N-methyl/N-ethyl adjacent to an activating group) is 1. The summed E-state index contributed by atoms with van der Waals surface area (Å²) >= 11 is 0. The van der Waals surface area contributed by atoms with Gasteiger partial charge in [-0.15, -0.1) is 12.4 Å². The van der Waals surface area contributed by atoms with E-state index >= 15 is 0 Å². The highest BCUT2D eigenvalue weighted by atomic mass is 35.5. The maximum Gasteiger partial charge on any atom is 0.225 e. The Bertz CT molecular complexity index is 208. The molecule has 0 spiro atoms. The molecular formula is C11H23ClN2O2. The molecule has 96 valence electrons. The summed E-state index contributed by atoms with van der Waals surface area (Å²) in [6, 6.07) is 0.164. The van der Waals surface area contributed by atoms with Gasteiger partial charge in [-0.3, -0.25) is 4.79 Å². The quantitative estimate of drug-likeness (QED) is 0.806. The molecule has 1 aliphatic rings. The first-order valence-corrected chi connectivity index (χ1v) is 5.63. The summed E-state index contributed by atoms with van der Waals surface area (Å²) in [5.41, 5.74) is 0. The third-order valence-corrected chi connectivity index (χ3v) is 3.11. The number of halogens is 1. The minimum absolute atomic E-state index is 0. The van der Waals surface area contributed by atoms with Crippen molar-refractivity contribution < 1.29 is 9.53 Å². The molecule has 1 unspecified atom stereocenters. The van der Waals surface area contributed by atoms with Crippen molar-refractivity contribution in [3.05, 3.63) is 0 Å². The van der Waals surface area contributed by atoms with E-state index in [4.69, 9.17) is 4.74 Å². The molecule has 1 aliphatic heterocycles. The van der Waals surface area contributed by atoms with Gasteiger partial charge >= 0.3 is 0 Å². The van der Waals surface area contributed by atoms with Crippen LogP contribution in [0.4, 0.5) is 0 Å². The summed E-state index contributed by atoms with van der Waals surface area (Å²) in [6.45, 7) is 4.54. The normalized spacial score (nSPS) is 18.7. The summed E-state index contributed by atoms with van der Waals surface area (Å²) in [5, 5.41) is 3.27. The fraction of sp³-hybridized carbons (Fsp3) is 0.909. The van der Waals surface area contributed by atoms with Crippen molar-refractivity contribution in [1.29, 1.82) is 0 Å². The number of carbonyl (C=O) groups excluding carboxylic acids is 1. The number of ether oxygens (including phenoxy) is 1. The zero-order valence-corrected chi connectivity index (χ0v) is 11.2. The van der Waals surface area contributed by atoms with Gasteiger partial charge < -0.3 is 15.0 Å². The smallest absolute Gasteiger partial charge is 0.225 e. The van der Waals surface area contributed by atoms with Crippen LogP contribution in [0.2, 0.25) is 0 Å². The summed E-state index contributed by atoms with van der Waals surface area (Å²) < 4.78 is 5.06. The second kappa shape index (κ2) is 7.87. The van der Waals surface area contributed by atoms with Crippen LogP contribution in [0.3, 0.4) is 0 Å². The number of methoxy groups -OCH3 is 1. The molecule has 1 N–H and O–H groups in total. The van der Waals surface area contributed by atoms with Crippen LogP contribution in [0.1, 0.15) is 19.8 Å². The highest BCUT2D eigenvalue weighted by Gasteiger charge is 2.26. The third kappa shape index (κ3) is 4.28. The number of carbonyl (C=O) groups is 1. The molecule has 0 bridgehead atoms. The van der Waals surface area contributed by atoms with Crippen LogP contribution >= 0.6 is 12.4 Å². The van der Waals surface area contributed by atoms with Crippen molar-refractivity contribution >= 4 is 18.3 Å². The van der Waals surface area contributed by atoms with Crippen LogP contribution in [0, 0.1) is 5.92 Å². The zero-order valence-electron chi connectivity index (χ0n) is 10.4. The molecule has 1 fully saturated rings. The van der Waals surface area contributed by atoms with Crippen LogP contribution in [0.5, 0.6) is 0 Å². The lowest BCUT2D eigenvalue weighted by molar-refractivity contribution is -0.137. The van der Waals surface area contributed by atoms with E-state index in [1.165, 1.54) is 0 Å². The number of nitrogens with one attached hydrogen (secondary N) is 1. The van der Waals surface area contributed by atoms with Gasteiger partial charge in [0.2, 0.25) is 5.91 Å². The largest absolute Gasteiger partial charge is 0.383 e. The number of nitrogens with zero attached hydrogens (tertiary/aromatic N) is 1. The van der Waals surface area contributed by atoms with Gasteiger partial charge in [-0.05, 0) is 32.9 Å². The van der Waals surface area contributed by atoms with Crippen molar-refractivity contribution in [3.63, 3.8) is 0 Å². The van der Waals surface area contributed by atoms with Crippen molar-refractivity contribution in [2.24, 2.45) is 5.92 Å². The Morgan fingerprint density at radius 1 is 1.50 bits per heavy atom. The van der Waals surface area contributed by atoms with E-state index < -0.39 is 0 Å². The fourth-order valence-corrected chi connectivity index (χ4v) is 1.93. The Balaban J connectivity index is 0.00000225. The molecule has 0 aromatic heterocycles. The van der Waals surface area contributed by atoms with Crippen molar-refractivity contribution in [3.8, 4) is 0 Å². The Kier molecular flexibility index (Phi) is 7.72. The number of amides is 1. The van der Waals surface area contributed by atoms with Gasteiger partial charge in [0.15, 0.2) is 0 Å². The molecule has 1 saturated heterocycles. The second-order valence-corrected chi connectivity index (χ2v) is 4.28. The predicted molar refractivity (Wildman–Crippen MR) is 66.9 cm³/mol. The standard InChI is InChI=1S/C11H22N2O2.ClH/c1-9(8-15-3)13(2)11(14)10-4-6-12-7-5-10;/h9-10,12H,4-8H2,1-3H3;1H. The predicted octanol–water partition coefficient (Wildman–Crippen LogP) is 0.901. The van der Waals surface area contributed by atoms with Gasteiger partial charge in [0.05, 0.1) is 12.6 Å². The third-order valence-electron chi connectivity index (χ3n) is 3.11. The van der Waals surface area contributed by atoms with Crippen molar-refractivity contribution in [1.82, 2.24) is 10.2 Å². The molecule has 0 aromatic rings. The highest BCUT2D eigenvalue weighted by molar-refractivity contribution is 5.85. The molecule has 0 aromatic carbocycles. The van der Waals surface area contributed by atoms with Crippen molar-refractivity contribution in [2.45, 2.75) is 25.8 Å². The summed E-state index contributed by atoms with van der Waals surface area (Å²) in [7, 11) is 3.54. The minimum Gasteiger partial charge on any atom is -0.383 e. The lowest BCUT2D eigenvalue weighted by atomic mass is 9.96. The maximum atomic E-state index is 12.1. The average Bonchev–Trinajstić information content (AvgIpc) is 2.28. The van der Waals surface area contributed by atoms with E-state index in [-0.39, 0.29) is 30.3 Å².